The number of amides is 4. The van der Waals surface area contributed by atoms with E-state index in [-0.39, 0.29) is 71.2 Å². The predicted molar refractivity (Wildman–Crippen MR) is 256 cm³/mol. The number of nitrogens with zero attached hydrogens (tertiary/aromatic N) is 1. The molecular weight excluding hydrogens is 812 g/mol. The maximum atomic E-state index is 12.1. The second-order valence-electron chi connectivity index (χ2n) is 17.9. The maximum absolute atomic E-state index is 12.1. The van der Waals surface area contributed by atoms with Gasteiger partial charge in [0.25, 0.3) is 11.8 Å². The van der Waals surface area contributed by atoms with Crippen molar-refractivity contribution in [3.05, 3.63) is 35.4 Å². The number of nitrogens with one attached hydrogen (secondary N) is 2. The number of fused-ring (bicyclic) bond motifs is 1. The molecule has 8 N–H and O–H groups in total. The number of aliphatic hydroxyl groups is 1. The second-order valence-corrected chi connectivity index (χ2v) is 17.9. The van der Waals surface area contributed by atoms with E-state index in [1.807, 2.05) is 27.7 Å². The van der Waals surface area contributed by atoms with Gasteiger partial charge in [-0.05, 0) is 123 Å². The summed E-state index contributed by atoms with van der Waals surface area (Å²) in [4.78, 5) is 58.2. The van der Waals surface area contributed by atoms with Gasteiger partial charge in [0.2, 0.25) is 0 Å². The third-order valence-electron chi connectivity index (χ3n) is 8.81. The molecule has 0 saturated carbocycles. The van der Waals surface area contributed by atoms with Crippen molar-refractivity contribution in [3.63, 3.8) is 0 Å². The fourth-order valence-corrected chi connectivity index (χ4v) is 5.18. The van der Waals surface area contributed by atoms with E-state index in [4.69, 9.17) is 31.2 Å². The molecule has 5 atom stereocenters. The quantitative estimate of drug-likeness (QED) is 0.0740. The molecule has 1 aromatic carbocycles. The molecule has 0 spiro atoms. The van der Waals surface area contributed by atoms with Crippen molar-refractivity contribution in [2.24, 2.45) is 41.1 Å². The van der Waals surface area contributed by atoms with Crippen LogP contribution in [0, 0.1) is 29.6 Å². The smallest absolute Gasteiger partial charge is 1.00 e. The van der Waals surface area contributed by atoms with Crippen molar-refractivity contribution in [2.45, 2.75) is 167 Å². The molecule has 0 saturated heterocycles. The number of carbonyl (C=O) groups is 5. The van der Waals surface area contributed by atoms with Gasteiger partial charge in [0, 0.05) is 34.7 Å². The molecule has 1 aliphatic heterocycles. The first-order valence-electron chi connectivity index (χ1n) is 22.0. The van der Waals surface area contributed by atoms with Crippen LogP contribution < -0.4 is 51.7 Å². The van der Waals surface area contributed by atoms with Gasteiger partial charge < -0.3 is 43.2 Å². The van der Waals surface area contributed by atoms with Crippen molar-refractivity contribution < 1.29 is 74.6 Å². The SMILES string of the molecule is C.CCC[C@H](C)CN.CCC[C@H](C)CN.CCC[C@H](C)CN1C(=O)c2ccccc2C1=O.C[C@@H](CCNC(=O)OC(C)(C)C)C(=O)O.C[C@H](CO)CCNC(=O)OC(C)(C)C.[B].[H-].[Na+]. The normalized spacial score (nSPS) is 13.6. The van der Waals surface area contributed by atoms with E-state index >= 15 is 0 Å². The summed E-state index contributed by atoms with van der Waals surface area (Å²) < 4.78 is 10.0. The number of carbonyl (C=O) groups excluding carboxylic acids is 4. The largest absolute Gasteiger partial charge is 1.00 e. The summed E-state index contributed by atoms with van der Waals surface area (Å²) in [6, 6.07) is 7.03. The zero-order valence-corrected chi connectivity index (χ0v) is 43.5. The van der Waals surface area contributed by atoms with Crippen LogP contribution in [0.4, 0.5) is 9.59 Å². The van der Waals surface area contributed by atoms with Crippen LogP contribution in [0.3, 0.4) is 0 Å². The molecule has 1 heterocycles. The number of carboxylic acids is 1. The molecule has 3 radical (unpaired) electrons. The third-order valence-corrected chi connectivity index (χ3v) is 8.81. The summed E-state index contributed by atoms with van der Waals surface area (Å²) in [6.45, 7) is 30.4. The van der Waals surface area contributed by atoms with Crippen LogP contribution in [0.1, 0.15) is 178 Å². The van der Waals surface area contributed by atoms with Crippen LogP contribution in [0.2, 0.25) is 0 Å². The van der Waals surface area contributed by atoms with Gasteiger partial charge in [-0.25, -0.2) is 9.59 Å². The molecule has 1 aromatic rings. The Morgan fingerprint density at radius 3 is 1.32 bits per heavy atom. The van der Waals surface area contributed by atoms with Crippen molar-refractivity contribution in [2.75, 3.05) is 39.3 Å². The van der Waals surface area contributed by atoms with E-state index in [0.717, 1.165) is 44.2 Å². The van der Waals surface area contributed by atoms with Crippen molar-refractivity contribution in [1.29, 1.82) is 0 Å². The summed E-state index contributed by atoms with van der Waals surface area (Å²) in [7, 11) is 0. The minimum Gasteiger partial charge on any atom is -1.00 e. The number of ether oxygens (including phenoxy) is 2. The van der Waals surface area contributed by atoms with Gasteiger partial charge in [0.15, 0.2) is 0 Å². The number of carboxylic acid groups (broad SMARTS) is 1. The fourth-order valence-electron chi connectivity index (χ4n) is 5.18. The van der Waals surface area contributed by atoms with Crippen molar-refractivity contribution >= 4 is 38.4 Å². The molecular formula is C47H92BN5NaO9. The van der Waals surface area contributed by atoms with Gasteiger partial charge in [0.1, 0.15) is 11.2 Å². The average molecular weight is 905 g/mol. The molecule has 16 heteroatoms. The molecule has 0 unspecified atom stereocenters. The number of rotatable bonds is 18. The van der Waals surface area contributed by atoms with Gasteiger partial charge in [0.05, 0.1) is 17.0 Å². The van der Waals surface area contributed by atoms with E-state index in [9.17, 15) is 24.0 Å². The number of imide groups is 1. The van der Waals surface area contributed by atoms with Gasteiger partial charge in [-0.3, -0.25) is 19.3 Å². The first-order valence-corrected chi connectivity index (χ1v) is 22.0. The Labute approximate surface area is 409 Å². The van der Waals surface area contributed by atoms with E-state index in [2.05, 4.69) is 52.2 Å². The van der Waals surface area contributed by atoms with E-state index < -0.39 is 35.3 Å². The summed E-state index contributed by atoms with van der Waals surface area (Å²) in [5, 5.41) is 22.5. The summed E-state index contributed by atoms with van der Waals surface area (Å²) in [5.41, 5.74) is 10.8. The number of benzene rings is 1. The number of aliphatic carboxylic acids is 1. The Balaban J connectivity index is -0.000000130. The van der Waals surface area contributed by atoms with Crippen LogP contribution in [0.15, 0.2) is 24.3 Å². The van der Waals surface area contributed by atoms with E-state index in [0.29, 0.717) is 43.1 Å². The monoisotopic (exact) mass is 905 g/mol. The predicted octanol–water partition coefficient (Wildman–Crippen LogP) is 6.00. The number of alkyl carbamates (subject to hydrolysis) is 2. The summed E-state index contributed by atoms with van der Waals surface area (Å²) in [5.74, 6) is 0.421. The Morgan fingerprint density at radius 2 is 1.03 bits per heavy atom. The van der Waals surface area contributed by atoms with Gasteiger partial charge in [-0.1, -0.05) is 94.2 Å². The number of hydrogen-bond donors (Lipinski definition) is 6. The Bertz CT molecular complexity index is 1310. The molecule has 63 heavy (non-hydrogen) atoms. The number of nitrogens with two attached hydrogens (primary N) is 2. The van der Waals surface area contributed by atoms with Crippen LogP contribution in [0.5, 0.6) is 0 Å². The van der Waals surface area contributed by atoms with Crippen LogP contribution in [0.25, 0.3) is 0 Å². The van der Waals surface area contributed by atoms with Crippen LogP contribution >= 0.6 is 0 Å². The summed E-state index contributed by atoms with van der Waals surface area (Å²) >= 11 is 0. The summed E-state index contributed by atoms with van der Waals surface area (Å²) in [6.07, 6.45) is 7.42. The molecule has 4 amide bonds. The first kappa shape index (κ1) is 71.9. The number of hydrogen-bond acceptors (Lipinski definition) is 10. The van der Waals surface area contributed by atoms with Gasteiger partial charge in [-0.2, -0.15) is 0 Å². The average Bonchev–Trinajstić information content (AvgIpc) is 3.39. The minimum atomic E-state index is -0.860. The maximum Gasteiger partial charge on any atom is 1.00 e. The van der Waals surface area contributed by atoms with Crippen molar-refractivity contribution in [3.8, 4) is 0 Å². The second kappa shape index (κ2) is 40.8. The Kier molecular flexibility index (Phi) is 46.6. The van der Waals surface area contributed by atoms with Crippen molar-refractivity contribution in [1.82, 2.24) is 15.5 Å². The molecule has 2 rings (SSSR count). The topological polar surface area (TPSA) is 224 Å². The molecule has 1 aliphatic rings. The molecule has 363 valence electrons. The van der Waals surface area contributed by atoms with E-state index in [1.54, 1.807) is 52.0 Å². The Hall–Kier alpha value is -2.69. The molecule has 14 nitrogen and oxygen atoms in total. The first-order chi connectivity index (χ1) is 27.8. The fraction of sp³-hybridized carbons (Fsp3) is 0.766. The molecule has 0 aliphatic carbocycles. The molecule has 0 aromatic heterocycles. The molecule has 0 fully saturated rings. The van der Waals surface area contributed by atoms with Crippen LogP contribution in [-0.2, 0) is 14.3 Å². The third kappa shape index (κ3) is 40.6. The standard InChI is InChI=1S/C14H17NO2.C10H19NO4.C10H21NO3.2C6H15N.CH4.B.Na.H/c1-3-6-10(2)9-15-13(16)11-7-4-5-8-12(11)14(15)17;1-7(8(12)13)5-6-11-9(14)15-10(2,3)4;1-8(7-12)5-6-11-9(13)14-10(2,3)4;2*1-3-4-6(2)5-7;;;;/h4-5,7-8,10H,3,6,9H2,1-2H3;7H,5-6H2,1-4H3,(H,11,14)(H,12,13);8,12H,5-7H2,1-4H3,(H,11,13);2*6H,3-5,7H2,1-2H3;1H4;;;/q;;;;;;;+1;-1/t10-;7-;8-;2*6-;;;;/m00000..../s1. The van der Waals surface area contributed by atoms with Gasteiger partial charge >= 0.3 is 47.7 Å². The van der Waals surface area contributed by atoms with Gasteiger partial charge in [-0.15, -0.1) is 0 Å². The molecule has 0 bridgehead atoms. The van der Waals surface area contributed by atoms with Crippen LogP contribution in [-0.4, -0.2) is 104 Å². The van der Waals surface area contributed by atoms with E-state index in [1.165, 1.54) is 30.6 Å². The zero-order chi connectivity index (χ0) is 47.1. The zero-order valence-electron chi connectivity index (χ0n) is 42.5. The number of aliphatic hydroxyl groups excluding tert-OH is 1. The minimum absolute atomic E-state index is 0. The Morgan fingerprint density at radius 1 is 0.683 bits per heavy atom.